The van der Waals surface area contributed by atoms with E-state index in [4.69, 9.17) is 30.1 Å². The number of nitrogens with one attached hydrogen (secondary N) is 1. The molecule has 2 heterocycles. The largest absolute Gasteiger partial charge is 0.463 e. The molecule has 0 bridgehead atoms. The van der Waals surface area contributed by atoms with Crippen molar-refractivity contribution in [2.24, 2.45) is 0 Å². The highest BCUT2D eigenvalue weighted by Gasteiger charge is 2.45. The zero-order valence-electron chi connectivity index (χ0n) is 17.6. The second kappa shape index (κ2) is 12.1. The van der Waals surface area contributed by atoms with Crippen molar-refractivity contribution in [2.75, 3.05) is 46.0 Å². The SMILES string of the molecule is C#Cc1cn([C@@H]2O[C@H](CC(=O)OCCOC)[C@@H](O)[C@H]2O)c(=O)nc1NC(=O)OCCOC. The maximum atomic E-state index is 12.5. The van der Waals surface area contributed by atoms with Crippen molar-refractivity contribution in [1.29, 1.82) is 0 Å². The van der Waals surface area contributed by atoms with Crippen LogP contribution in [0.3, 0.4) is 0 Å². The number of carbonyl (C=O) groups is 2. The number of hydrogen-bond acceptors (Lipinski definition) is 11. The molecule has 2 rings (SSSR count). The molecule has 32 heavy (non-hydrogen) atoms. The first-order valence-electron chi connectivity index (χ1n) is 9.51. The Morgan fingerprint density at radius 1 is 1.19 bits per heavy atom. The molecule has 0 aromatic carbocycles. The quantitative estimate of drug-likeness (QED) is 0.216. The summed E-state index contributed by atoms with van der Waals surface area (Å²) in [5.74, 6) is 1.34. The zero-order valence-corrected chi connectivity index (χ0v) is 17.6. The summed E-state index contributed by atoms with van der Waals surface area (Å²) in [6, 6.07) is 0. The van der Waals surface area contributed by atoms with Crippen LogP contribution >= 0.6 is 0 Å². The molecule has 1 aliphatic rings. The standard InChI is InChI=1S/C19H25N3O10/c1-4-11-10-22(18(26)20-16(11)21-19(27)31-8-6-29-3)17-15(25)14(24)12(32-17)9-13(23)30-7-5-28-2/h1,10,12,14-15,17,24-25H,5-9H2,2-3H3,(H,20,21,26,27)/t12-,14-,15-,17-/m1/s1. The molecule has 0 unspecified atom stereocenters. The highest BCUT2D eigenvalue weighted by Crippen LogP contribution is 2.30. The molecule has 13 nitrogen and oxygen atoms in total. The van der Waals surface area contributed by atoms with Crippen molar-refractivity contribution in [3.8, 4) is 12.3 Å². The van der Waals surface area contributed by atoms with E-state index in [1.165, 1.54) is 14.2 Å². The fourth-order valence-electron chi connectivity index (χ4n) is 2.79. The summed E-state index contributed by atoms with van der Waals surface area (Å²) in [5, 5.41) is 22.8. The molecule has 1 aliphatic heterocycles. The van der Waals surface area contributed by atoms with E-state index in [-0.39, 0.29) is 44.2 Å². The molecule has 1 aromatic rings. The first-order chi connectivity index (χ1) is 15.3. The lowest BCUT2D eigenvalue weighted by molar-refractivity contribution is -0.149. The van der Waals surface area contributed by atoms with Gasteiger partial charge in [-0.2, -0.15) is 4.98 Å². The van der Waals surface area contributed by atoms with Gasteiger partial charge in [0, 0.05) is 20.4 Å². The summed E-state index contributed by atoms with van der Waals surface area (Å²) in [5.41, 5.74) is -0.947. The number of aromatic nitrogens is 2. The van der Waals surface area contributed by atoms with E-state index in [1.54, 1.807) is 0 Å². The second-order valence-electron chi connectivity index (χ2n) is 6.55. The van der Waals surface area contributed by atoms with Crippen LogP contribution in [0.5, 0.6) is 0 Å². The molecule has 1 fully saturated rings. The van der Waals surface area contributed by atoms with Gasteiger partial charge in [-0.05, 0) is 0 Å². The molecule has 1 aromatic heterocycles. The van der Waals surface area contributed by atoms with Crippen LogP contribution in [0.1, 0.15) is 18.2 Å². The number of rotatable bonds is 10. The van der Waals surface area contributed by atoms with Gasteiger partial charge >= 0.3 is 17.8 Å². The van der Waals surface area contributed by atoms with Gasteiger partial charge < -0.3 is 33.9 Å². The Bertz CT molecular complexity index is 896. The second-order valence-corrected chi connectivity index (χ2v) is 6.55. The van der Waals surface area contributed by atoms with E-state index in [9.17, 15) is 24.6 Å². The Hall–Kier alpha value is -3.02. The summed E-state index contributed by atoms with van der Waals surface area (Å²) in [7, 11) is 2.88. The Kier molecular flexibility index (Phi) is 9.57. The van der Waals surface area contributed by atoms with E-state index in [2.05, 4.69) is 16.2 Å². The fraction of sp³-hybridized carbons (Fsp3) is 0.579. The lowest BCUT2D eigenvalue weighted by Gasteiger charge is -2.18. The number of anilines is 1. The minimum absolute atomic E-state index is 0.0130. The highest BCUT2D eigenvalue weighted by atomic mass is 16.6. The maximum absolute atomic E-state index is 12.5. The van der Waals surface area contributed by atoms with Crippen LogP contribution in [0.2, 0.25) is 0 Å². The number of aliphatic hydroxyl groups is 2. The third-order valence-corrected chi connectivity index (χ3v) is 4.38. The summed E-state index contributed by atoms with van der Waals surface area (Å²) in [6.07, 6.45) is -0.263. The zero-order chi connectivity index (χ0) is 23.7. The smallest absolute Gasteiger partial charge is 0.412 e. The Morgan fingerprint density at radius 3 is 2.47 bits per heavy atom. The van der Waals surface area contributed by atoms with Gasteiger partial charge in [-0.1, -0.05) is 5.92 Å². The number of methoxy groups -OCH3 is 2. The van der Waals surface area contributed by atoms with Gasteiger partial charge in [0.25, 0.3) is 0 Å². The van der Waals surface area contributed by atoms with Gasteiger partial charge in [0.2, 0.25) is 0 Å². The number of aliphatic hydroxyl groups excluding tert-OH is 2. The fourth-order valence-corrected chi connectivity index (χ4v) is 2.79. The molecule has 0 aliphatic carbocycles. The number of esters is 1. The number of hydrogen-bond donors (Lipinski definition) is 3. The molecule has 176 valence electrons. The van der Waals surface area contributed by atoms with Crippen molar-refractivity contribution in [3.05, 3.63) is 22.2 Å². The van der Waals surface area contributed by atoms with Crippen molar-refractivity contribution in [1.82, 2.24) is 9.55 Å². The summed E-state index contributed by atoms with van der Waals surface area (Å²) >= 11 is 0. The highest BCUT2D eigenvalue weighted by molar-refractivity contribution is 5.84. The normalized spacial score (nSPS) is 22.2. The molecular formula is C19H25N3O10. The number of ether oxygens (including phenoxy) is 5. The lowest BCUT2D eigenvalue weighted by atomic mass is 10.1. The van der Waals surface area contributed by atoms with E-state index in [0.717, 1.165) is 10.8 Å². The van der Waals surface area contributed by atoms with Gasteiger partial charge in [0.1, 0.15) is 25.4 Å². The van der Waals surface area contributed by atoms with Gasteiger partial charge in [-0.3, -0.25) is 14.7 Å². The van der Waals surface area contributed by atoms with Crippen molar-refractivity contribution in [2.45, 2.75) is 31.0 Å². The molecule has 13 heteroatoms. The number of carbonyl (C=O) groups excluding carboxylic acids is 2. The molecule has 0 saturated carbocycles. The van der Waals surface area contributed by atoms with Gasteiger partial charge in [-0.15, -0.1) is 6.42 Å². The van der Waals surface area contributed by atoms with Crippen molar-refractivity contribution < 1.29 is 43.5 Å². The number of nitrogens with zero attached hydrogens (tertiary/aromatic N) is 2. The van der Waals surface area contributed by atoms with Crippen molar-refractivity contribution >= 4 is 17.9 Å². The first kappa shape index (κ1) is 25.2. The predicted molar refractivity (Wildman–Crippen MR) is 107 cm³/mol. The van der Waals surface area contributed by atoms with E-state index in [0.29, 0.717) is 0 Å². The van der Waals surface area contributed by atoms with Crippen LogP contribution in [0, 0.1) is 12.3 Å². The number of amides is 1. The minimum atomic E-state index is -1.56. The molecule has 1 saturated heterocycles. The monoisotopic (exact) mass is 455 g/mol. The minimum Gasteiger partial charge on any atom is -0.463 e. The molecule has 1 amide bonds. The Labute approximate surface area is 183 Å². The third kappa shape index (κ3) is 6.49. The lowest BCUT2D eigenvalue weighted by Crippen LogP contribution is -2.36. The van der Waals surface area contributed by atoms with E-state index < -0.39 is 42.3 Å². The van der Waals surface area contributed by atoms with Crippen LogP contribution in [0.25, 0.3) is 0 Å². The third-order valence-electron chi connectivity index (χ3n) is 4.38. The van der Waals surface area contributed by atoms with Crippen LogP contribution < -0.4 is 11.0 Å². The Morgan fingerprint density at radius 2 is 1.84 bits per heavy atom. The van der Waals surface area contributed by atoms with Gasteiger partial charge in [0.15, 0.2) is 12.0 Å². The summed E-state index contributed by atoms with van der Waals surface area (Å²) in [4.78, 5) is 39.8. The van der Waals surface area contributed by atoms with Crippen molar-refractivity contribution in [3.63, 3.8) is 0 Å². The molecule has 0 spiro atoms. The summed E-state index contributed by atoms with van der Waals surface area (Å²) in [6.45, 7) is 0.355. The molecule has 4 atom stereocenters. The average molecular weight is 455 g/mol. The maximum Gasteiger partial charge on any atom is 0.412 e. The van der Waals surface area contributed by atoms with Gasteiger partial charge in [-0.25, -0.2) is 9.59 Å². The number of terminal acetylenes is 1. The average Bonchev–Trinajstić information content (AvgIpc) is 3.02. The van der Waals surface area contributed by atoms with Crippen LogP contribution in [-0.2, 0) is 28.5 Å². The molecular weight excluding hydrogens is 430 g/mol. The van der Waals surface area contributed by atoms with E-state index >= 15 is 0 Å². The topological polar surface area (TPSA) is 168 Å². The van der Waals surface area contributed by atoms with Crippen LogP contribution in [0.15, 0.2) is 11.0 Å². The van der Waals surface area contributed by atoms with Crippen LogP contribution in [0.4, 0.5) is 10.6 Å². The molecule has 3 N–H and O–H groups in total. The molecule has 0 radical (unpaired) electrons. The predicted octanol–water partition coefficient (Wildman–Crippen LogP) is -1.38. The Balaban J connectivity index is 2.13. The van der Waals surface area contributed by atoms with E-state index in [1.807, 2.05) is 0 Å². The first-order valence-corrected chi connectivity index (χ1v) is 9.51. The van der Waals surface area contributed by atoms with Crippen LogP contribution in [-0.4, -0.2) is 90.8 Å². The summed E-state index contributed by atoms with van der Waals surface area (Å²) < 4.78 is 25.6. The van der Waals surface area contributed by atoms with Gasteiger partial charge in [0.05, 0.1) is 31.3 Å².